The fraction of sp³-hybridized carbons (Fsp3) is 0.360. The molecule has 2 rings (SSSR count). The molecule has 0 aliphatic heterocycles. The summed E-state index contributed by atoms with van der Waals surface area (Å²) < 4.78 is 27.1. The van der Waals surface area contributed by atoms with Gasteiger partial charge in [0.25, 0.3) is 0 Å². The number of hydrogen-bond donors (Lipinski definition) is 1. The molecule has 0 bridgehead atoms. The maximum absolute atomic E-state index is 12.5. The number of methoxy groups -OCH3 is 3. The molecular weight excluding hydrogens is 440 g/mol. The zero-order chi connectivity index (χ0) is 25.1. The summed E-state index contributed by atoms with van der Waals surface area (Å²) in [5.74, 6) is 1.87. The highest BCUT2D eigenvalue weighted by atomic mass is 16.5. The number of nitrogens with one attached hydrogen (secondary N) is 1. The van der Waals surface area contributed by atoms with Gasteiger partial charge in [-0.05, 0) is 49.8 Å². The number of carbonyl (C=O) groups excluding carboxylic acids is 2. The molecule has 0 aromatic heterocycles. The largest absolute Gasteiger partial charge is 0.493 e. The van der Waals surface area contributed by atoms with Gasteiger partial charge in [-0.3, -0.25) is 9.59 Å². The number of ether oxygens (including phenoxy) is 5. The third-order valence-electron chi connectivity index (χ3n) is 4.69. The van der Waals surface area contributed by atoms with Crippen LogP contribution in [0.15, 0.2) is 36.4 Å². The molecule has 34 heavy (non-hydrogen) atoms. The van der Waals surface area contributed by atoms with Gasteiger partial charge in [0.15, 0.2) is 23.0 Å². The molecule has 0 saturated carbocycles. The summed E-state index contributed by atoms with van der Waals surface area (Å²) in [4.78, 5) is 26.3. The van der Waals surface area contributed by atoms with E-state index >= 15 is 0 Å². The monoisotopic (exact) mass is 472 g/mol. The Morgan fingerprint density at radius 1 is 0.882 bits per heavy atom. The number of nitrogens with zero attached hydrogens (tertiary/aromatic N) is 1. The van der Waals surface area contributed by atoms with Crippen molar-refractivity contribution in [2.75, 3.05) is 53.5 Å². The van der Waals surface area contributed by atoms with E-state index in [4.69, 9.17) is 23.7 Å². The molecule has 9 nitrogen and oxygen atoms in total. The number of likely N-dealkylation sites (N-methyl/N-ethyl adjacent to an activating group) is 1. The van der Waals surface area contributed by atoms with E-state index in [0.717, 1.165) is 0 Å². The van der Waals surface area contributed by atoms with Gasteiger partial charge >= 0.3 is 0 Å². The second-order valence-electron chi connectivity index (χ2n) is 7.06. The minimum absolute atomic E-state index is 0.129. The summed E-state index contributed by atoms with van der Waals surface area (Å²) >= 11 is 0. The summed E-state index contributed by atoms with van der Waals surface area (Å²) in [6.45, 7) is 4.59. The van der Waals surface area contributed by atoms with Crippen LogP contribution in [0.2, 0.25) is 0 Å². The highest BCUT2D eigenvalue weighted by Crippen LogP contribution is 2.38. The lowest BCUT2D eigenvalue weighted by Crippen LogP contribution is -2.33. The van der Waals surface area contributed by atoms with E-state index in [1.807, 2.05) is 13.8 Å². The molecule has 2 amide bonds. The number of anilines is 1. The fourth-order valence-corrected chi connectivity index (χ4v) is 3.12. The average molecular weight is 473 g/mol. The first-order chi connectivity index (χ1) is 16.4. The van der Waals surface area contributed by atoms with E-state index < -0.39 is 0 Å². The Balaban J connectivity index is 2.04. The van der Waals surface area contributed by atoms with Crippen molar-refractivity contribution in [3.8, 4) is 28.7 Å². The van der Waals surface area contributed by atoms with E-state index in [1.54, 1.807) is 43.5 Å². The lowest BCUT2D eigenvalue weighted by molar-refractivity contribution is -0.129. The second-order valence-corrected chi connectivity index (χ2v) is 7.06. The minimum atomic E-state index is -0.344. The predicted molar refractivity (Wildman–Crippen MR) is 130 cm³/mol. The van der Waals surface area contributed by atoms with Crippen molar-refractivity contribution in [2.24, 2.45) is 0 Å². The molecule has 0 unspecified atom stereocenters. The van der Waals surface area contributed by atoms with Crippen LogP contribution in [-0.4, -0.2) is 64.8 Å². The van der Waals surface area contributed by atoms with Crippen LogP contribution in [0.1, 0.15) is 19.4 Å². The number of carbonyl (C=O) groups is 2. The van der Waals surface area contributed by atoms with Gasteiger partial charge in [-0.1, -0.05) is 0 Å². The molecule has 2 aromatic carbocycles. The molecule has 9 heteroatoms. The van der Waals surface area contributed by atoms with Gasteiger partial charge in [-0.2, -0.15) is 0 Å². The van der Waals surface area contributed by atoms with Gasteiger partial charge < -0.3 is 33.9 Å². The SMILES string of the molecule is CCOc1ccc(NC(=O)CN(C)C(=O)/C=C/c2cc(OC)c(OC)c(OC)c2)cc1OCC. The van der Waals surface area contributed by atoms with E-state index in [0.29, 0.717) is 53.2 Å². The fourth-order valence-electron chi connectivity index (χ4n) is 3.12. The van der Waals surface area contributed by atoms with Gasteiger partial charge in [0.1, 0.15) is 0 Å². The Morgan fingerprint density at radius 3 is 2.06 bits per heavy atom. The Bertz CT molecular complexity index is 995. The standard InChI is InChI=1S/C25H32N2O7/c1-7-33-19-11-10-18(15-20(19)34-8-2)26-23(28)16-27(3)24(29)12-9-17-13-21(30-4)25(32-6)22(14-17)31-5/h9-15H,7-8,16H2,1-6H3,(H,26,28)/b12-9+. The topological polar surface area (TPSA) is 95.6 Å². The minimum Gasteiger partial charge on any atom is -0.493 e. The first kappa shape index (κ1) is 26.4. The van der Waals surface area contributed by atoms with Crippen molar-refractivity contribution in [2.45, 2.75) is 13.8 Å². The van der Waals surface area contributed by atoms with Gasteiger partial charge in [-0.15, -0.1) is 0 Å². The zero-order valence-electron chi connectivity index (χ0n) is 20.5. The molecule has 0 atom stereocenters. The number of benzene rings is 2. The quantitative estimate of drug-likeness (QED) is 0.472. The van der Waals surface area contributed by atoms with E-state index in [-0.39, 0.29) is 18.4 Å². The molecule has 184 valence electrons. The van der Waals surface area contributed by atoms with Crippen molar-refractivity contribution < 1.29 is 33.3 Å². The van der Waals surface area contributed by atoms with Crippen molar-refractivity contribution >= 4 is 23.6 Å². The van der Waals surface area contributed by atoms with Crippen LogP contribution in [0.4, 0.5) is 5.69 Å². The third-order valence-corrected chi connectivity index (χ3v) is 4.69. The van der Waals surface area contributed by atoms with Crippen molar-refractivity contribution in [3.05, 3.63) is 42.0 Å². The summed E-state index contributed by atoms with van der Waals surface area (Å²) in [6.07, 6.45) is 2.99. The molecule has 0 aliphatic rings. The molecule has 2 aromatic rings. The van der Waals surface area contributed by atoms with Gasteiger partial charge in [0, 0.05) is 24.9 Å². The molecular formula is C25H32N2O7. The Kier molecular flexibility index (Phi) is 10.1. The zero-order valence-corrected chi connectivity index (χ0v) is 20.5. The van der Waals surface area contributed by atoms with E-state index in [9.17, 15) is 9.59 Å². The lowest BCUT2D eigenvalue weighted by atomic mass is 10.1. The second kappa shape index (κ2) is 13.0. The summed E-state index contributed by atoms with van der Waals surface area (Å²) in [6, 6.07) is 8.59. The normalized spacial score (nSPS) is 10.5. The van der Waals surface area contributed by atoms with Crippen LogP contribution in [-0.2, 0) is 9.59 Å². The molecule has 1 N–H and O–H groups in total. The highest BCUT2D eigenvalue weighted by Gasteiger charge is 2.14. The van der Waals surface area contributed by atoms with Gasteiger partial charge in [0.05, 0.1) is 41.1 Å². The summed E-state index contributed by atoms with van der Waals surface area (Å²) in [5, 5.41) is 2.77. The maximum atomic E-state index is 12.5. The molecule has 0 saturated heterocycles. The van der Waals surface area contributed by atoms with Crippen LogP contribution < -0.4 is 29.0 Å². The average Bonchev–Trinajstić information content (AvgIpc) is 2.83. The Labute approximate surface area is 200 Å². The summed E-state index contributed by atoms with van der Waals surface area (Å²) in [7, 11) is 6.10. The van der Waals surface area contributed by atoms with Gasteiger partial charge in [-0.25, -0.2) is 0 Å². The molecule has 0 spiro atoms. The predicted octanol–water partition coefficient (Wildman–Crippen LogP) is 3.62. The number of rotatable bonds is 12. The van der Waals surface area contributed by atoms with Crippen molar-refractivity contribution in [1.82, 2.24) is 4.90 Å². The van der Waals surface area contributed by atoms with Crippen molar-refractivity contribution in [3.63, 3.8) is 0 Å². The first-order valence-electron chi connectivity index (χ1n) is 10.8. The highest BCUT2D eigenvalue weighted by molar-refractivity contribution is 5.98. The Hall–Kier alpha value is -3.88. The first-order valence-corrected chi connectivity index (χ1v) is 10.8. The van der Waals surface area contributed by atoms with Crippen LogP contribution in [0.5, 0.6) is 28.7 Å². The molecule has 0 radical (unpaired) electrons. The van der Waals surface area contributed by atoms with Crippen LogP contribution in [0, 0.1) is 0 Å². The molecule has 0 heterocycles. The summed E-state index contributed by atoms with van der Waals surface area (Å²) in [5.41, 5.74) is 1.23. The van der Waals surface area contributed by atoms with Crippen LogP contribution in [0.3, 0.4) is 0 Å². The lowest BCUT2D eigenvalue weighted by Gasteiger charge is -2.16. The molecule has 0 aliphatic carbocycles. The van der Waals surface area contributed by atoms with Crippen LogP contribution >= 0.6 is 0 Å². The number of amides is 2. The van der Waals surface area contributed by atoms with Crippen molar-refractivity contribution in [1.29, 1.82) is 0 Å². The maximum Gasteiger partial charge on any atom is 0.246 e. The molecule has 0 fully saturated rings. The van der Waals surface area contributed by atoms with E-state index in [1.165, 1.54) is 32.3 Å². The van der Waals surface area contributed by atoms with E-state index in [2.05, 4.69) is 5.32 Å². The third kappa shape index (κ3) is 7.06. The van der Waals surface area contributed by atoms with Gasteiger partial charge in [0.2, 0.25) is 17.6 Å². The smallest absolute Gasteiger partial charge is 0.246 e. The Morgan fingerprint density at radius 2 is 1.50 bits per heavy atom. The number of hydrogen-bond acceptors (Lipinski definition) is 7. The van der Waals surface area contributed by atoms with Crippen LogP contribution in [0.25, 0.3) is 6.08 Å².